The molecule has 12 heavy (non-hydrogen) atoms. The SMILES string of the molecule is O=C=Nc1ccc(O)c(Cl)c1F. The van der Waals surface area contributed by atoms with E-state index in [0.717, 1.165) is 12.1 Å². The number of rotatable bonds is 1. The van der Waals surface area contributed by atoms with Crippen LogP contribution in [-0.2, 0) is 4.79 Å². The van der Waals surface area contributed by atoms with Crippen LogP contribution in [0.1, 0.15) is 0 Å². The van der Waals surface area contributed by atoms with Crippen molar-refractivity contribution >= 4 is 23.4 Å². The fourth-order valence-electron chi connectivity index (χ4n) is 0.665. The number of aromatic hydroxyl groups is 1. The molecule has 1 rings (SSSR count). The molecule has 0 spiro atoms. The van der Waals surface area contributed by atoms with Crippen LogP contribution < -0.4 is 0 Å². The number of isocyanates is 1. The minimum absolute atomic E-state index is 0.243. The molecule has 0 fully saturated rings. The zero-order valence-electron chi connectivity index (χ0n) is 5.71. The molecule has 0 heterocycles. The van der Waals surface area contributed by atoms with Crippen molar-refractivity contribution in [2.45, 2.75) is 0 Å². The van der Waals surface area contributed by atoms with Gasteiger partial charge in [0.25, 0.3) is 0 Å². The average molecular weight is 188 g/mol. The molecule has 1 aromatic rings. The molecule has 1 N–H and O–H groups in total. The second-order valence-corrected chi connectivity index (χ2v) is 2.31. The Balaban J connectivity index is 3.35. The molecule has 0 aromatic heterocycles. The summed E-state index contributed by atoms with van der Waals surface area (Å²) in [7, 11) is 0. The van der Waals surface area contributed by atoms with Gasteiger partial charge in [-0.05, 0) is 12.1 Å². The summed E-state index contributed by atoms with van der Waals surface area (Å²) < 4.78 is 12.9. The fraction of sp³-hybridized carbons (Fsp3) is 0. The lowest BCUT2D eigenvalue weighted by molar-refractivity contribution is 0.469. The van der Waals surface area contributed by atoms with E-state index in [-0.39, 0.29) is 11.4 Å². The molecule has 0 saturated carbocycles. The summed E-state index contributed by atoms with van der Waals surface area (Å²) in [5.41, 5.74) is -0.243. The number of hydrogen-bond acceptors (Lipinski definition) is 3. The third-order valence-electron chi connectivity index (χ3n) is 1.21. The Labute approximate surface area is 72.1 Å². The Kier molecular flexibility index (Phi) is 2.43. The maximum atomic E-state index is 12.9. The van der Waals surface area contributed by atoms with E-state index < -0.39 is 10.8 Å². The normalized spacial score (nSPS) is 9.17. The molecule has 0 aliphatic heterocycles. The van der Waals surface area contributed by atoms with Crippen LogP contribution in [0.4, 0.5) is 10.1 Å². The van der Waals surface area contributed by atoms with Crippen LogP contribution in [0.2, 0.25) is 5.02 Å². The summed E-state index contributed by atoms with van der Waals surface area (Å²) in [4.78, 5) is 12.8. The van der Waals surface area contributed by atoms with E-state index in [1.807, 2.05) is 0 Å². The predicted molar refractivity (Wildman–Crippen MR) is 40.9 cm³/mol. The fourth-order valence-corrected chi connectivity index (χ4v) is 0.824. The Morgan fingerprint density at radius 3 is 2.83 bits per heavy atom. The van der Waals surface area contributed by atoms with Gasteiger partial charge >= 0.3 is 0 Å². The van der Waals surface area contributed by atoms with E-state index in [9.17, 15) is 9.18 Å². The Hall–Kier alpha value is -1.38. The van der Waals surface area contributed by atoms with Crippen molar-refractivity contribution in [3.63, 3.8) is 0 Å². The van der Waals surface area contributed by atoms with Crippen LogP contribution in [0.5, 0.6) is 5.75 Å². The van der Waals surface area contributed by atoms with Crippen molar-refractivity contribution in [3.8, 4) is 5.75 Å². The molecule has 0 atom stereocenters. The first-order valence-electron chi connectivity index (χ1n) is 2.91. The number of nitrogens with zero attached hydrogens (tertiary/aromatic N) is 1. The third-order valence-corrected chi connectivity index (χ3v) is 1.57. The second-order valence-electron chi connectivity index (χ2n) is 1.93. The van der Waals surface area contributed by atoms with Crippen LogP contribution in [0.15, 0.2) is 17.1 Å². The summed E-state index contributed by atoms with van der Waals surface area (Å²) >= 11 is 5.30. The van der Waals surface area contributed by atoms with Gasteiger partial charge in [0.15, 0.2) is 5.82 Å². The molecular weight excluding hydrogens is 185 g/mol. The lowest BCUT2D eigenvalue weighted by Gasteiger charge is -1.98. The topological polar surface area (TPSA) is 49.7 Å². The number of halogens is 2. The number of phenolic OH excluding ortho intramolecular Hbond substituents is 1. The number of hydrogen-bond donors (Lipinski definition) is 1. The zero-order chi connectivity index (χ0) is 9.14. The standard InChI is InChI=1S/C7H3ClFNO2/c8-6-5(12)2-1-4(7(6)9)10-3-11/h1-2,12H. The van der Waals surface area contributed by atoms with E-state index in [1.54, 1.807) is 0 Å². The highest BCUT2D eigenvalue weighted by atomic mass is 35.5. The van der Waals surface area contributed by atoms with Gasteiger partial charge in [-0.25, -0.2) is 9.18 Å². The lowest BCUT2D eigenvalue weighted by Crippen LogP contribution is -1.78. The van der Waals surface area contributed by atoms with E-state index in [1.165, 1.54) is 6.08 Å². The van der Waals surface area contributed by atoms with Gasteiger partial charge in [-0.1, -0.05) is 11.6 Å². The van der Waals surface area contributed by atoms with Crippen molar-refractivity contribution < 1.29 is 14.3 Å². The lowest BCUT2D eigenvalue weighted by atomic mass is 10.3. The number of benzene rings is 1. The quantitative estimate of drug-likeness (QED) is 0.541. The zero-order valence-corrected chi connectivity index (χ0v) is 6.47. The molecule has 0 bridgehead atoms. The summed E-state index contributed by atoms with van der Waals surface area (Å²) in [6.07, 6.45) is 1.17. The van der Waals surface area contributed by atoms with Crippen LogP contribution in [0, 0.1) is 5.82 Å². The summed E-state index contributed by atoms with van der Waals surface area (Å²) in [5, 5.41) is 8.43. The summed E-state index contributed by atoms with van der Waals surface area (Å²) in [6.45, 7) is 0. The largest absolute Gasteiger partial charge is 0.506 e. The Morgan fingerprint density at radius 1 is 1.58 bits per heavy atom. The minimum atomic E-state index is -0.931. The summed E-state index contributed by atoms with van der Waals surface area (Å²) in [5.74, 6) is -1.32. The molecule has 0 saturated heterocycles. The van der Waals surface area contributed by atoms with Crippen molar-refractivity contribution in [1.82, 2.24) is 0 Å². The van der Waals surface area contributed by atoms with Crippen molar-refractivity contribution in [2.24, 2.45) is 4.99 Å². The number of carbonyl (C=O) groups excluding carboxylic acids is 1. The van der Waals surface area contributed by atoms with Gasteiger partial charge in [-0.2, -0.15) is 4.99 Å². The van der Waals surface area contributed by atoms with E-state index in [4.69, 9.17) is 16.7 Å². The van der Waals surface area contributed by atoms with Gasteiger partial charge in [0.05, 0.1) is 0 Å². The van der Waals surface area contributed by atoms with Gasteiger partial charge in [0, 0.05) is 0 Å². The highest BCUT2D eigenvalue weighted by Crippen LogP contribution is 2.31. The first-order valence-corrected chi connectivity index (χ1v) is 3.29. The Morgan fingerprint density at radius 2 is 2.25 bits per heavy atom. The highest BCUT2D eigenvalue weighted by molar-refractivity contribution is 6.32. The van der Waals surface area contributed by atoms with Crippen LogP contribution in [0.25, 0.3) is 0 Å². The molecule has 0 unspecified atom stereocenters. The van der Waals surface area contributed by atoms with Gasteiger partial charge < -0.3 is 5.11 Å². The van der Waals surface area contributed by atoms with Gasteiger partial charge in [-0.15, -0.1) is 0 Å². The molecule has 0 aliphatic rings. The van der Waals surface area contributed by atoms with Crippen molar-refractivity contribution in [1.29, 1.82) is 0 Å². The molecule has 5 heteroatoms. The molecule has 0 aliphatic carbocycles. The van der Waals surface area contributed by atoms with Gasteiger partial charge in [0.2, 0.25) is 6.08 Å². The predicted octanol–water partition coefficient (Wildman–Crippen LogP) is 2.15. The highest BCUT2D eigenvalue weighted by Gasteiger charge is 2.09. The van der Waals surface area contributed by atoms with Crippen LogP contribution in [-0.4, -0.2) is 11.2 Å². The molecule has 3 nitrogen and oxygen atoms in total. The van der Waals surface area contributed by atoms with Crippen LogP contribution >= 0.6 is 11.6 Å². The number of phenols is 1. The van der Waals surface area contributed by atoms with E-state index in [2.05, 4.69) is 4.99 Å². The van der Waals surface area contributed by atoms with E-state index >= 15 is 0 Å². The van der Waals surface area contributed by atoms with Gasteiger partial charge in [0.1, 0.15) is 16.5 Å². The smallest absolute Gasteiger partial charge is 0.240 e. The maximum absolute atomic E-state index is 12.9. The van der Waals surface area contributed by atoms with Gasteiger partial charge in [-0.3, -0.25) is 0 Å². The maximum Gasteiger partial charge on any atom is 0.240 e. The number of aliphatic imine (C=N–C) groups is 1. The second kappa shape index (κ2) is 3.34. The molecule has 0 radical (unpaired) electrons. The Bertz CT molecular complexity index is 361. The molecule has 62 valence electrons. The third kappa shape index (κ3) is 1.44. The van der Waals surface area contributed by atoms with E-state index in [0.29, 0.717) is 0 Å². The monoisotopic (exact) mass is 187 g/mol. The first-order chi connectivity index (χ1) is 5.66. The minimum Gasteiger partial charge on any atom is -0.506 e. The molecule has 1 aromatic carbocycles. The average Bonchev–Trinajstić information content (AvgIpc) is 2.07. The van der Waals surface area contributed by atoms with Crippen molar-refractivity contribution in [2.75, 3.05) is 0 Å². The molecule has 0 amide bonds. The molecular formula is C7H3ClFNO2. The summed E-state index contributed by atoms with van der Waals surface area (Å²) in [6, 6.07) is 2.27. The van der Waals surface area contributed by atoms with Crippen molar-refractivity contribution in [3.05, 3.63) is 23.0 Å². The first kappa shape index (κ1) is 8.71. The van der Waals surface area contributed by atoms with Crippen LogP contribution in [0.3, 0.4) is 0 Å².